The van der Waals surface area contributed by atoms with Gasteiger partial charge in [0.15, 0.2) is 0 Å². The Hall–Kier alpha value is -3.31. The van der Waals surface area contributed by atoms with Crippen molar-refractivity contribution in [2.45, 2.75) is 82.5 Å². The highest BCUT2D eigenvalue weighted by molar-refractivity contribution is 8.01. The van der Waals surface area contributed by atoms with Gasteiger partial charge in [-0.1, -0.05) is 44.2 Å². The zero-order valence-electron chi connectivity index (χ0n) is 29.1. The lowest BCUT2D eigenvalue weighted by molar-refractivity contribution is -0.137. The van der Waals surface area contributed by atoms with Crippen molar-refractivity contribution in [3.63, 3.8) is 0 Å². The predicted molar refractivity (Wildman–Crippen MR) is 191 cm³/mol. The second-order valence-corrected chi connectivity index (χ2v) is 16.3. The van der Waals surface area contributed by atoms with Gasteiger partial charge in [0.25, 0.3) is 0 Å². The molecule has 48 heavy (non-hydrogen) atoms. The highest BCUT2D eigenvalue weighted by Crippen LogP contribution is 2.48. The van der Waals surface area contributed by atoms with Gasteiger partial charge in [0.1, 0.15) is 11.2 Å². The van der Waals surface area contributed by atoms with Crippen LogP contribution in [-0.2, 0) is 16.0 Å². The van der Waals surface area contributed by atoms with Gasteiger partial charge in [-0.05, 0) is 63.6 Å². The molecule has 0 aliphatic carbocycles. The van der Waals surface area contributed by atoms with E-state index < -0.39 is 5.25 Å². The summed E-state index contributed by atoms with van der Waals surface area (Å²) in [6.45, 7) is 16.2. The smallest absolute Gasteiger partial charge is 0.322 e. The Labute approximate surface area is 289 Å². The van der Waals surface area contributed by atoms with Gasteiger partial charge in [-0.25, -0.2) is 9.18 Å². The van der Waals surface area contributed by atoms with Crippen molar-refractivity contribution in [2.24, 2.45) is 5.92 Å². The molecule has 9 nitrogen and oxygen atoms in total. The Balaban J connectivity index is 1.11. The summed E-state index contributed by atoms with van der Waals surface area (Å²) in [6.07, 6.45) is 2.33. The van der Waals surface area contributed by atoms with Crippen molar-refractivity contribution in [3.05, 3.63) is 59.4 Å². The summed E-state index contributed by atoms with van der Waals surface area (Å²) in [7, 11) is 0. The van der Waals surface area contributed by atoms with Crippen molar-refractivity contribution in [1.29, 1.82) is 0 Å². The number of fused-ring (bicyclic) bond motifs is 1. The topological polar surface area (TPSA) is 79.4 Å². The van der Waals surface area contributed by atoms with E-state index in [9.17, 15) is 14.4 Å². The minimum absolute atomic E-state index is 0.0325. The third-order valence-electron chi connectivity index (χ3n) is 10.3. The Morgan fingerprint density at radius 3 is 2.35 bits per heavy atom. The number of likely N-dealkylation sites (tertiary alicyclic amines) is 1. The van der Waals surface area contributed by atoms with E-state index in [4.69, 9.17) is 0 Å². The first-order valence-electron chi connectivity index (χ1n) is 17.6. The maximum atomic E-state index is 15.7. The zero-order chi connectivity index (χ0) is 34.2. The lowest BCUT2D eigenvalue weighted by atomic mass is 10.0. The predicted octanol–water partition coefficient (Wildman–Crippen LogP) is 5.82. The number of urea groups is 1. The van der Waals surface area contributed by atoms with E-state index >= 15 is 4.39 Å². The number of thioether (sulfide) groups is 1. The van der Waals surface area contributed by atoms with Crippen LogP contribution in [0, 0.1) is 11.7 Å². The fourth-order valence-electron chi connectivity index (χ4n) is 7.66. The summed E-state index contributed by atoms with van der Waals surface area (Å²) >= 11 is 1.49. The number of hydrogen-bond acceptors (Lipinski definition) is 6. The maximum Gasteiger partial charge on any atom is 0.322 e. The van der Waals surface area contributed by atoms with E-state index in [0.717, 1.165) is 36.3 Å². The number of anilines is 2. The van der Waals surface area contributed by atoms with E-state index in [1.807, 2.05) is 39.0 Å². The minimum Gasteiger partial charge on any atom is -0.366 e. The normalized spacial score (nSPS) is 23.1. The molecular formula is C37H51FN6O3S. The molecule has 2 aromatic carbocycles. The molecule has 0 bridgehead atoms. The first kappa shape index (κ1) is 34.5. The van der Waals surface area contributed by atoms with Crippen molar-refractivity contribution in [3.8, 4) is 0 Å². The highest BCUT2D eigenvalue weighted by atomic mass is 32.2. The van der Waals surface area contributed by atoms with E-state index in [1.54, 1.807) is 6.07 Å². The molecule has 4 amide bonds. The lowest BCUT2D eigenvalue weighted by Crippen LogP contribution is -2.53. The molecule has 0 spiro atoms. The molecule has 0 radical (unpaired) electrons. The number of nitrogens with one attached hydrogen (secondary N) is 1. The van der Waals surface area contributed by atoms with Gasteiger partial charge < -0.3 is 24.9 Å². The molecule has 4 aliphatic heterocycles. The van der Waals surface area contributed by atoms with Crippen LogP contribution in [0.5, 0.6) is 0 Å². The molecule has 3 fully saturated rings. The number of amides is 4. The molecule has 0 unspecified atom stereocenters. The average Bonchev–Trinajstić information content (AvgIpc) is 3.23. The fourth-order valence-corrected chi connectivity index (χ4v) is 9.14. The lowest BCUT2D eigenvalue weighted by Gasteiger charge is -2.43. The van der Waals surface area contributed by atoms with Crippen molar-refractivity contribution in [2.75, 3.05) is 62.6 Å². The van der Waals surface area contributed by atoms with Crippen LogP contribution < -0.4 is 10.2 Å². The Bertz CT molecular complexity index is 1500. The molecule has 2 atom stereocenters. The van der Waals surface area contributed by atoms with Gasteiger partial charge in [0.05, 0.1) is 10.9 Å². The quantitative estimate of drug-likeness (QED) is 0.398. The first-order chi connectivity index (χ1) is 22.9. The van der Waals surface area contributed by atoms with Gasteiger partial charge in [-0.3, -0.25) is 14.5 Å². The summed E-state index contributed by atoms with van der Waals surface area (Å²) in [5.41, 5.74) is 3.45. The van der Waals surface area contributed by atoms with E-state index in [1.165, 1.54) is 17.8 Å². The maximum absolute atomic E-state index is 15.7. The van der Waals surface area contributed by atoms with Crippen molar-refractivity contribution in [1.82, 2.24) is 19.6 Å². The Morgan fingerprint density at radius 1 is 0.958 bits per heavy atom. The number of para-hydroxylation sites is 2. The van der Waals surface area contributed by atoms with Crippen LogP contribution in [0.25, 0.3) is 0 Å². The largest absolute Gasteiger partial charge is 0.366 e. The molecule has 2 aromatic rings. The van der Waals surface area contributed by atoms with Crippen LogP contribution in [-0.4, -0.2) is 107 Å². The molecule has 4 heterocycles. The first-order valence-corrected chi connectivity index (χ1v) is 18.5. The van der Waals surface area contributed by atoms with Crippen molar-refractivity contribution < 1.29 is 18.8 Å². The number of halogens is 1. The number of hydrogen-bond donors (Lipinski definition) is 1. The molecule has 6 rings (SSSR count). The molecule has 0 saturated carbocycles. The summed E-state index contributed by atoms with van der Waals surface area (Å²) in [4.78, 5) is 50.9. The number of benzene rings is 2. The van der Waals surface area contributed by atoms with Crippen LogP contribution in [0.15, 0.2) is 42.5 Å². The van der Waals surface area contributed by atoms with Crippen LogP contribution >= 0.6 is 11.8 Å². The second-order valence-electron chi connectivity index (χ2n) is 15.0. The average molecular weight is 679 g/mol. The Morgan fingerprint density at radius 2 is 1.67 bits per heavy atom. The number of piperazine rings is 1. The molecule has 3 saturated heterocycles. The minimum atomic E-state index is -0.525. The monoisotopic (exact) mass is 678 g/mol. The molecule has 1 N–H and O–H groups in total. The number of rotatable bonds is 7. The van der Waals surface area contributed by atoms with Gasteiger partial charge in [-0.15, -0.1) is 11.8 Å². The summed E-state index contributed by atoms with van der Waals surface area (Å²) < 4.78 is 15.7. The molecule has 11 heteroatoms. The standard InChI is InChI=1S/C37H51FN6O3S/c1-25(2)24-44-34(46)31(48-35(44)28-10-8-11-29(38)33(28)41-19-21-42(22-20-41)37(3,4)5)23-32(45)40-16-14-27(15-17-40)43-18-13-26-9-6-7-12-30(26)39-36(43)47/h6-12,25,27,31,35H,13-24H2,1-5H3,(H,39,47)/t31-,35-/m0/s1. The number of piperidine rings is 1. The number of carbonyl (C=O) groups is 3. The van der Waals surface area contributed by atoms with E-state index in [0.29, 0.717) is 57.8 Å². The van der Waals surface area contributed by atoms with Gasteiger partial charge in [0, 0.05) is 81.6 Å². The van der Waals surface area contributed by atoms with Gasteiger partial charge >= 0.3 is 6.03 Å². The SMILES string of the molecule is CC(C)CN1C(=O)[C@H](CC(=O)N2CCC(N3CCc4ccccc4NC3=O)CC2)S[C@H]1c1cccc(F)c1N1CCN(C(C)(C)C)CC1. The van der Waals surface area contributed by atoms with Crippen molar-refractivity contribution >= 4 is 41.0 Å². The Kier molecular flexibility index (Phi) is 10.3. The summed E-state index contributed by atoms with van der Waals surface area (Å²) in [6, 6.07) is 13.1. The summed E-state index contributed by atoms with van der Waals surface area (Å²) in [5, 5.41) is 2.17. The van der Waals surface area contributed by atoms with Crippen LogP contribution in [0.4, 0.5) is 20.6 Å². The molecular weight excluding hydrogens is 628 g/mol. The molecule has 260 valence electrons. The van der Waals surface area contributed by atoms with Gasteiger partial charge in [-0.2, -0.15) is 0 Å². The van der Waals surface area contributed by atoms with Crippen LogP contribution in [0.1, 0.15) is 70.4 Å². The summed E-state index contributed by atoms with van der Waals surface area (Å²) in [5.74, 6) is -0.120. The molecule has 4 aliphatic rings. The van der Waals surface area contributed by atoms with E-state index in [-0.39, 0.29) is 53.0 Å². The number of nitrogens with zero attached hydrogens (tertiary/aromatic N) is 5. The molecule has 0 aromatic heterocycles. The second kappa shape index (κ2) is 14.3. The zero-order valence-corrected chi connectivity index (χ0v) is 29.9. The van der Waals surface area contributed by atoms with Crippen LogP contribution in [0.2, 0.25) is 0 Å². The number of carbonyl (C=O) groups excluding carboxylic acids is 3. The highest BCUT2D eigenvalue weighted by Gasteiger charge is 2.44. The fraction of sp³-hybridized carbons (Fsp3) is 0.595. The van der Waals surface area contributed by atoms with E-state index in [2.05, 4.69) is 55.8 Å². The third-order valence-corrected chi connectivity index (χ3v) is 11.7. The third kappa shape index (κ3) is 7.32. The van der Waals surface area contributed by atoms with Gasteiger partial charge in [0.2, 0.25) is 11.8 Å². The van der Waals surface area contributed by atoms with Crippen LogP contribution in [0.3, 0.4) is 0 Å².